The number of nitrogens with one attached hydrogen (secondary N) is 1. The van der Waals surface area contributed by atoms with E-state index < -0.39 is 23.1 Å². The molecule has 3 aromatic rings. The van der Waals surface area contributed by atoms with Gasteiger partial charge in [-0.1, -0.05) is 17.7 Å². The number of rotatable bonds is 3. The van der Waals surface area contributed by atoms with E-state index in [4.69, 9.17) is 11.6 Å². The Kier molecular flexibility index (Phi) is 4.42. The molecule has 8 heteroatoms. The molecule has 1 N–H and O–H groups in total. The molecule has 0 unspecified atom stereocenters. The molecule has 0 saturated heterocycles. The number of aromatic nitrogens is 2. The molecule has 26 heavy (non-hydrogen) atoms. The first-order valence-corrected chi connectivity index (χ1v) is 9.27. The van der Waals surface area contributed by atoms with Gasteiger partial charge < -0.3 is 5.32 Å². The Morgan fingerprint density at radius 1 is 1.12 bits per heavy atom. The van der Waals surface area contributed by atoms with Crippen LogP contribution in [0, 0.1) is 11.6 Å². The van der Waals surface area contributed by atoms with E-state index in [1.807, 2.05) is 0 Å². The molecule has 2 aromatic carbocycles. The van der Waals surface area contributed by atoms with Gasteiger partial charge in [-0.3, -0.25) is 4.79 Å². The summed E-state index contributed by atoms with van der Waals surface area (Å²) >= 11 is 7.59. The van der Waals surface area contributed by atoms with Crippen LogP contribution in [0.15, 0.2) is 42.5 Å². The second-order valence-electron chi connectivity index (χ2n) is 5.71. The summed E-state index contributed by atoms with van der Waals surface area (Å²) in [6.45, 7) is 0. The predicted octanol–water partition coefficient (Wildman–Crippen LogP) is 4.80. The smallest absolute Gasteiger partial charge is 0.262 e. The first-order chi connectivity index (χ1) is 12.5. The van der Waals surface area contributed by atoms with Crippen LogP contribution in [0.1, 0.15) is 21.6 Å². The number of carbonyl (C=O) groups is 1. The van der Waals surface area contributed by atoms with Gasteiger partial charge in [-0.2, -0.15) is 16.9 Å². The van der Waals surface area contributed by atoms with Crippen LogP contribution in [0.25, 0.3) is 5.69 Å². The van der Waals surface area contributed by atoms with Crippen LogP contribution in [0.4, 0.5) is 14.6 Å². The van der Waals surface area contributed by atoms with Crippen LogP contribution in [0.3, 0.4) is 0 Å². The highest BCUT2D eigenvalue weighted by atomic mass is 35.5. The maximum absolute atomic E-state index is 13.9. The largest absolute Gasteiger partial charge is 0.306 e. The molecule has 0 radical (unpaired) electrons. The third kappa shape index (κ3) is 2.97. The molecule has 1 aliphatic rings. The Hall–Kier alpha value is -2.38. The summed E-state index contributed by atoms with van der Waals surface area (Å²) < 4.78 is 29.4. The van der Waals surface area contributed by atoms with E-state index in [0.717, 1.165) is 23.4 Å². The van der Waals surface area contributed by atoms with Crippen molar-refractivity contribution in [2.24, 2.45) is 0 Å². The van der Waals surface area contributed by atoms with Gasteiger partial charge in [0.25, 0.3) is 5.91 Å². The van der Waals surface area contributed by atoms with Crippen LogP contribution in [0.5, 0.6) is 0 Å². The zero-order valence-corrected chi connectivity index (χ0v) is 14.9. The monoisotopic (exact) mass is 391 g/mol. The number of hydrogen-bond donors (Lipinski definition) is 1. The van der Waals surface area contributed by atoms with Crippen molar-refractivity contribution in [2.45, 2.75) is 11.5 Å². The van der Waals surface area contributed by atoms with E-state index in [1.54, 1.807) is 40.7 Å². The van der Waals surface area contributed by atoms with Gasteiger partial charge in [0.2, 0.25) is 0 Å². The molecule has 1 aliphatic heterocycles. The van der Waals surface area contributed by atoms with E-state index in [0.29, 0.717) is 28.0 Å². The lowest BCUT2D eigenvalue weighted by Gasteiger charge is -2.12. The number of thioether (sulfide) groups is 1. The van der Waals surface area contributed by atoms with Crippen molar-refractivity contribution < 1.29 is 13.6 Å². The Morgan fingerprint density at radius 2 is 1.81 bits per heavy atom. The fourth-order valence-corrected chi connectivity index (χ4v) is 3.96. The zero-order chi connectivity index (χ0) is 18.3. The molecule has 0 atom stereocenters. The Morgan fingerprint density at radius 3 is 2.50 bits per heavy atom. The Balaban J connectivity index is 1.76. The molecule has 1 amide bonds. The van der Waals surface area contributed by atoms with Crippen molar-refractivity contribution in [1.29, 1.82) is 0 Å². The summed E-state index contributed by atoms with van der Waals surface area (Å²) in [6, 6.07) is 10.3. The van der Waals surface area contributed by atoms with Gasteiger partial charge in [0.1, 0.15) is 23.0 Å². The molecule has 0 bridgehead atoms. The topological polar surface area (TPSA) is 46.9 Å². The van der Waals surface area contributed by atoms with Crippen LogP contribution >= 0.6 is 23.4 Å². The number of anilines is 1. The van der Waals surface area contributed by atoms with Crippen LogP contribution < -0.4 is 5.32 Å². The maximum atomic E-state index is 13.9. The molecule has 4 nitrogen and oxygen atoms in total. The van der Waals surface area contributed by atoms with E-state index in [9.17, 15) is 13.6 Å². The average Bonchev–Trinajstić information content (AvgIpc) is 3.18. The number of amides is 1. The van der Waals surface area contributed by atoms with Gasteiger partial charge in [0.05, 0.1) is 11.4 Å². The van der Waals surface area contributed by atoms with Gasteiger partial charge in [0, 0.05) is 22.1 Å². The molecule has 132 valence electrons. The highest BCUT2D eigenvalue weighted by Gasteiger charge is 2.26. The quantitative estimate of drug-likeness (QED) is 0.697. The van der Waals surface area contributed by atoms with Crippen LogP contribution in [-0.2, 0) is 11.5 Å². The lowest BCUT2D eigenvalue weighted by atomic mass is 10.1. The fourth-order valence-electron chi connectivity index (χ4n) is 2.80. The first kappa shape index (κ1) is 17.1. The summed E-state index contributed by atoms with van der Waals surface area (Å²) in [7, 11) is 0. The SMILES string of the molecule is O=C(Nc1c2c(nn1-c1ccc(Cl)cc1)CSC2)c1c(F)cccc1F. The second kappa shape index (κ2) is 6.74. The second-order valence-corrected chi connectivity index (χ2v) is 7.13. The summed E-state index contributed by atoms with van der Waals surface area (Å²) in [5, 5.41) is 7.74. The molecular weight excluding hydrogens is 380 g/mol. The van der Waals surface area contributed by atoms with Crippen LogP contribution in [0.2, 0.25) is 5.02 Å². The molecule has 2 heterocycles. The normalized spacial score (nSPS) is 12.9. The van der Waals surface area contributed by atoms with Gasteiger partial charge in [-0.25, -0.2) is 13.5 Å². The van der Waals surface area contributed by atoms with Crippen molar-refractivity contribution in [2.75, 3.05) is 5.32 Å². The predicted molar refractivity (Wildman–Crippen MR) is 97.9 cm³/mol. The lowest BCUT2D eigenvalue weighted by molar-refractivity contribution is 0.101. The number of hydrogen-bond acceptors (Lipinski definition) is 3. The fraction of sp³-hybridized carbons (Fsp3) is 0.111. The summed E-state index contributed by atoms with van der Waals surface area (Å²) in [4.78, 5) is 12.5. The van der Waals surface area contributed by atoms with Gasteiger partial charge in [-0.15, -0.1) is 0 Å². The summed E-state index contributed by atoms with van der Waals surface area (Å²) in [5.74, 6) is -0.877. The minimum absolute atomic E-state index is 0.417. The Bertz CT molecular complexity index is 984. The molecule has 1 aromatic heterocycles. The minimum Gasteiger partial charge on any atom is -0.306 e. The highest BCUT2D eigenvalue weighted by molar-refractivity contribution is 7.98. The van der Waals surface area contributed by atoms with Crippen molar-refractivity contribution in [3.63, 3.8) is 0 Å². The zero-order valence-electron chi connectivity index (χ0n) is 13.3. The number of benzene rings is 2. The van der Waals surface area contributed by atoms with Gasteiger partial charge in [0.15, 0.2) is 0 Å². The van der Waals surface area contributed by atoms with E-state index in [-0.39, 0.29) is 0 Å². The summed E-state index contributed by atoms with van der Waals surface area (Å²) in [5.41, 5.74) is 1.78. The molecular formula is C18H12ClF2N3OS. The third-order valence-corrected chi connectivity index (χ3v) is 5.27. The minimum atomic E-state index is -0.911. The summed E-state index contributed by atoms with van der Waals surface area (Å²) in [6.07, 6.45) is 0. The average molecular weight is 392 g/mol. The highest BCUT2D eigenvalue weighted by Crippen LogP contribution is 2.36. The molecule has 0 aliphatic carbocycles. The van der Waals surface area contributed by atoms with E-state index in [1.165, 1.54) is 6.07 Å². The molecule has 4 rings (SSSR count). The molecule has 0 saturated carbocycles. The van der Waals surface area contributed by atoms with E-state index in [2.05, 4.69) is 10.4 Å². The lowest BCUT2D eigenvalue weighted by Crippen LogP contribution is -2.19. The number of nitrogens with zero attached hydrogens (tertiary/aromatic N) is 2. The van der Waals surface area contributed by atoms with Crippen molar-refractivity contribution in [3.05, 3.63) is 75.9 Å². The maximum Gasteiger partial charge on any atom is 0.262 e. The Labute approximate surface area is 157 Å². The van der Waals surface area contributed by atoms with Crippen molar-refractivity contribution in [3.8, 4) is 5.69 Å². The number of halogens is 3. The van der Waals surface area contributed by atoms with E-state index >= 15 is 0 Å². The molecule has 0 fully saturated rings. The van der Waals surface area contributed by atoms with Crippen molar-refractivity contribution in [1.82, 2.24) is 9.78 Å². The standard InChI is InChI=1S/C18H12ClF2N3OS/c19-10-4-6-11(7-5-10)24-17(12-8-26-9-15(12)23-24)22-18(25)16-13(20)2-1-3-14(16)21/h1-7H,8-9H2,(H,22,25). The molecule has 0 spiro atoms. The van der Waals surface area contributed by atoms with Crippen LogP contribution in [-0.4, -0.2) is 15.7 Å². The third-order valence-electron chi connectivity index (χ3n) is 4.04. The number of carbonyl (C=O) groups excluding carboxylic acids is 1. The number of fused-ring (bicyclic) bond motifs is 1. The van der Waals surface area contributed by atoms with Gasteiger partial charge >= 0.3 is 0 Å². The van der Waals surface area contributed by atoms with Crippen molar-refractivity contribution >= 4 is 35.1 Å². The van der Waals surface area contributed by atoms with Gasteiger partial charge in [-0.05, 0) is 36.4 Å². The first-order valence-electron chi connectivity index (χ1n) is 7.74.